The molecule has 0 aromatic rings. The molecule has 0 aromatic carbocycles. The summed E-state index contributed by atoms with van der Waals surface area (Å²) >= 11 is 0. The molecule has 0 aliphatic heterocycles. The van der Waals surface area contributed by atoms with Gasteiger partial charge in [0, 0.05) is 6.42 Å². The van der Waals surface area contributed by atoms with Crippen molar-refractivity contribution < 1.29 is 13.9 Å². The van der Waals surface area contributed by atoms with E-state index in [4.69, 9.17) is 0 Å². The summed E-state index contributed by atoms with van der Waals surface area (Å²) in [6, 6.07) is 0. The smallest absolute Gasteiger partial charge is 0.310 e. The van der Waals surface area contributed by atoms with Gasteiger partial charge in [-0.15, -0.1) is 0 Å². The van der Waals surface area contributed by atoms with Gasteiger partial charge in [0.15, 0.2) is 0 Å². The van der Waals surface area contributed by atoms with Crippen LogP contribution in [-0.4, -0.2) is 5.97 Å². The minimum Gasteiger partial charge on any atom is -0.417 e. The fourth-order valence-electron chi connectivity index (χ4n) is 0.137. The molecule has 0 N–H and O–H groups in total. The third-order valence-corrected chi connectivity index (χ3v) is 0.827. The topological polar surface area (TPSA) is 43.4 Å². The predicted octanol–water partition coefficient (Wildman–Crippen LogP) is 0.611. The van der Waals surface area contributed by atoms with Crippen molar-refractivity contribution in [3.05, 3.63) is 0 Å². The first-order valence-corrected chi connectivity index (χ1v) is 2.88. The van der Waals surface area contributed by atoms with Gasteiger partial charge in [-0.2, -0.15) is 0 Å². The summed E-state index contributed by atoms with van der Waals surface area (Å²) in [5.41, 5.74) is 0. The zero-order valence-electron chi connectivity index (χ0n) is 4.01. The van der Waals surface area contributed by atoms with Crippen LogP contribution in [0.5, 0.6) is 0 Å². The van der Waals surface area contributed by atoms with Crippen LogP contribution in [0.4, 0.5) is 0 Å². The van der Waals surface area contributed by atoms with Crippen LogP contribution in [0.25, 0.3) is 0 Å². The molecule has 1 unspecified atom stereocenters. The van der Waals surface area contributed by atoms with Crippen molar-refractivity contribution in [3.8, 4) is 0 Å². The van der Waals surface area contributed by atoms with Crippen LogP contribution in [0.1, 0.15) is 13.3 Å². The first-order chi connectivity index (χ1) is 3.31. The summed E-state index contributed by atoms with van der Waals surface area (Å²) in [4.78, 5) is 10.0. The monoisotopic (exact) mass is 122 g/mol. The van der Waals surface area contributed by atoms with Crippen LogP contribution in [0.3, 0.4) is 0 Å². The van der Waals surface area contributed by atoms with Gasteiger partial charge in [-0.3, -0.25) is 9.36 Å². The van der Waals surface area contributed by atoms with Crippen molar-refractivity contribution in [2.45, 2.75) is 13.3 Å². The molecule has 0 aliphatic rings. The Balaban J connectivity index is 3.17. The first kappa shape index (κ1) is 6.70. The second-order valence-electron chi connectivity index (χ2n) is 0.940. The second kappa shape index (κ2) is 3.88. The summed E-state index contributed by atoms with van der Waals surface area (Å²) in [6.45, 7) is 1.65. The lowest BCUT2D eigenvalue weighted by Crippen LogP contribution is -1.90. The largest absolute Gasteiger partial charge is 0.417 e. The van der Waals surface area contributed by atoms with Crippen LogP contribution in [0, 0.1) is 0 Å². The van der Waals surface area contributed by atoms with Gasteiger partial charge in [0.25, 0.3) is 0 Å². The molecule has 0 aromatic heterocycles. The molecule has 0 radical (unpaired) electrons. The molecule has 4 heteroatoms. The number of hydrogen-bond donors (Lipinski definition) is 0. The summed E-state index contributed by atoms with van der Waals surface area (Å²) in [5.74, 6) is -0.398. The van der Waals surface area contributed by atoms with Gasteiger partial charge in [0.2, 0.25) is 8.69 Å². The molecule has 0 rings (SSSR count). The molecule has 0 heterocycles. The molecule has 0 saturated carbocycles. The summed E-state index contributed by atoms with van der Waals surface area (Å²) in [7, 11) is -1.35. The van der Waals surface area contributed by atoms with E-state index in [2.05, 4.69) is 4.52 Å². The van der Waals surface area contributed by atoms with Gasteiger partial charge in [-0.1, -0.05) is 6.92 Å². The highest BCUT2D eigenvalue weighted by molar-refractivity contribution is 7.18. The molecule has 7 heavy (non-hydrogen) atoms. The van der Waals surface area contributed by atoms with Gasteiger partial charge in [-0.25, -0.2) is 0 Å². The highest BCUT2D eigenvalue weighted by Crippen LogP contribution is 1.95. The Kier molecular flexibility index (Phi) is 3.71. The fraction of sp³-hybridized carbons (Fsp3) is 0.667. The lowest BCUT2D eigenvalue weighted by atomic mass is 10.5. The van der Waals surface area contributed by atoms with Crippen molar-refractivity contribution in [1.82, 2.24) is 0 Å². The maximum atomic E-state index is 10.0. The summed E-state index contributed by atoms with van der Waals surface area (Å²) in [5, 5.41) is 0. The van der Waals surface area contributed by atoms with E-state index in [0.29, 0.717) is 6.42 Å². The molecular formula is C3H7O3P. The van der Waals surface area contributed by atoms with Gasteiger partial charge in [0.1, 0.15) is 0 Å². The van der Waals surface area contributed by atoms with Crippen LogP contribution < -0.4 is 0 Å². The average molecular weight is 122 g/mol. The number of carbonyl (C=O) groups is 1. The lowest BCUT2D eigenvalue weighted by molar-refractivity contribution is -0.133. The van der Waals surface area contributed by atoms with Crippen molar-refractivity contribution in [2.24, 2.45) is 0 Å². The highest BCUT2D eigenvalue weighted by atomic mass is 31.1. The minimum atomic E-state index is -1.35. The highest BCUT2D eigenvalue weighted by Gasteiger charge is 1.90. The molecule has 1 atom stereocenters. The normalized spacial score (nSPS) is 9.86. The number of hydrogen-bond acceptors (Lipinski definition) is 3. The van der Waals surface area contributed by atoms with Crippen molar-refractivity contribution in [3.63, 3.8) is 0 Å². The van der Waals surface area contributed by atoms with E-state index >= 15 is 0 Å². The molecular weight excluding hydrogens is 115 g/mol. The standard InChI is InChI=1S/C3H7O3P/c1-2-3(4)6-7-5/h2,7H2,1H3. The molecule has 3 nitrogen and oxygen atoms in total. The van der Waals surface area contributed by atoms with Crippen LogP contribution in [-0.2, 0) is 13.9 Å². The van der Waals surface area contributed by atoms with Crippen molar-refractivity contribution >= 4 is 14.7 Å². The van der Waals surface area contributed by atoms with E-state index in [1.165, 1.54) is 0 Å². The third kappa shape index (κ3) is 3.53. The van der Waals surface area contributed by atoms with E-state index in [-0.39, 0.29) is 0 Å². The van der Waals surface area contributed by atoms with Crippen LogP contribution in [0.15, 0.2) is 0 Å². The number of rotatable bonds is 2. The lowest BCUT2D eigenvalue weighted by Gasteiger charge is -1.86. The van der Waals surface area contributed by atoms with E-state index in [1.807, 2.05) is 0 Å². The third-order valence-electron chi connectivity index (χ3n) is 0.468. The Labute approximate surface area is 43.0 Å². The van der Waals surface area contributed by atoms with Gasteiger partial charge in [0.05, 0.1) is 0 Å². The molecule has 42 valence electrons. The molecule has 0 fully saturated rings. The number of carbonyl (C=O) groups excluding carboxylic acids is 1. The van der Waals surface area contributed by atoms with Crippen molar-refractivity contribution in [1.29, 1.82) is 0 Å². The summed E-state index contributed by atoms with van der Waals surface area (Å²) in [6.07, 6.45) is 0.301. The zero-order valence-corrected chi connectivity index (χ0v) is 5.16. The molecule has 0 aliphatic carbocycles. The van der Waals surface area contributed by atoms with E-state index in [0.717, 1.165) is 0 Å². The zero-order chi connectivity index (χ0) is 5.70. The Hall–Kier alpha value is -0.300. The fourth-order valence-corrected chi connectivity index (χ4v) is 0.411. The molecule has 0 bridgehead atoms. The van der Waals surface area contributed by atoms with E-state index in [9.17, 15) is 9.36 Å². The Morgan fingerprint density at radius 1 is 1.86 bits per heavy atom. The maximum absolute atomic E-state index is 10.0. The van der Waals surface area contributed by atoms with Crippen molar-refractivity contribution in [2.75, 3.05) is 0 Å². The van der Waals surface area contributed by atoms with E-state index in [1.54, 1.807) is 6.92 Å². The van der Waals surface area contributed by atoms with Crippen LogP contribution >= 0.6 is 8.69 Å². The molecule has 0 spiro atoms. The molecule has 0 amide bonds. The Bertz CT molecular complexity index is 80.2. The van der Waals surface area contributed by atoms with Crippen LogP contribution in [0.2, 0.25) is 0 Å². The summed E-state index contributed by atoms with van der Waals surface area (Å²) < 4.78 is 13.6. The quantitative estimate of drug-likeness (QED) is 0.504. The van der Waals surface area contributed by atoms with Gasteiger partial charge < -0.3 is 4.52 Å². The van der Waals surface area contributed by atoms with Gasteiger partial charge >= 0.3 is 5.97 Å². The van der Waals surface area contributed by atoms with Gasteiger partial charge in [-0.05, 0) is 0 Å². The SMILES string of the molecule is CCC(=O)O[PH2]=O. The average Bonchev–Trinajstić information content (AvgIpc) is 1.68. The van der Waals surface area contributed by atoms with E-state index < -0.39 is 14.7 Å². The molecule has 0 saturated heterocycles. The second-order valence-corrected chi connectivity index (χ2v) is 1.37. The Morgan fingerprint density at radius 3 is 2.57 bits per heavy atom. The maximum Gasteiger partial charge on any atom is 0.310 e. The Morgan fingerprint density at radius 2 is 2.43 bits per heavy atom. The minimum absolute atomic E-state index is 0.301. The predicted molar refractivity (Wildman–Crippen MR) is 26.8 cm³/mol. The first-order valence-electron chi connectivity index (χ1n) is 1.94.